The van der Waals surface area contributed by atoms with Gasteiger partial charge in [-0.1, -0.05) is 38.2 Å². The van der Waals surface area contributed by atoms with Gasteiger partial charge in [0.1, 0.15) is 0 Å². The van der Waals surface area contributed by atoms with Crippen molar-refractivity contribution in [2.75, 3.05) is 19.3 Å². The summed E-state index contributed by atoms with van der Waals surface area (Å²) in [6.45, 7) is 9.05. The second-order valence-corrected chi connectivity index (χ2v) is 5.30. The van der Waals surface area contributed by atoms with Gasteiger partial charge >= 0.3 is 0 Å². The average Bonchev–Trinajstić information content (AvgIpc) is 2.98. The summed E-state index contributed by atoms with van der Waals surface area (Å²) < 4.78 is 0. The van der Waals surface area contributed by atoms with E-state index in [0.29, 0.717) is 5.13 Å². The zero-order valence-corrected chi connectivity index (χ0v) is 13.9. The Balaban J connectivity index is 0.000000956. The molecule has 1 aromatic heterocycles. The molecule has 2 rings (SSSR count). The van der Waals surface area contributed by atoms with Crippen LogP contribution in [-0.4, -0.2) is 23.5 Å². The SMILES string of the molecule is C/C=C\C1=C(/C=C\C)C(c2csc(N)n2)N(C)C1.CC. The molecule has 110 valence electrons. The van der Waals surface area contributed by atoms with Crippen LogP contribution in [0, 0.1) is 0 Å². The van der Waals surface area contributed by atoms with Gasteiger partial charge in [-0.3, -0.25) is 4.90 Å². The zero-order valence-electron chi connectivity index (χ0n) is 13.1. The molecule has 0 radical (unpaired) electrons. The lowest BCUT2D eigenvalue weighted by atomic mass is 10.0. The van der Waals surface area contributed by atoms with Crippen molar-refractivity contribution in [3.05, 3.63) is 46.5 Å². The maximum Gasteiger partial charge on any atom is 0.180 e. The van der Waals surface area contributed by atoms with Crippen LogP contribution in [0.5, 0.6) is 0 Å². The van der Waals surface area contributed by atoms with Gasteiger partial charge in [-0.25, -0.2) is 4.98 Å². The largest absolute Gasteiger partial charge is 0.375 e. The number of hydrogen-bond donors (Lipinski definition) is 1. The molecular weight excluding hydrogens is 266 g/mol. The van der Waals surface area contributed by atoms with Gasteiger partial charge in [0.2, 0.25) is 0 Å². The highest BCUT2D eigenvalue weighted by Gasteiger charge is 2.30. The van der Waals surface area contributed by atoms with E-state index in [1.165, 1.54) is 22.5 Å². The molecule has 0 aromatic carbocycles. The number of allylic oxidation sites excluding steroid dienone is 2. The van der Waals surface area contributed by atoms with Crippen molar-refractivity contribution in [3.8, 4) is 0 Å². The average molecular weight is 291 g/mol. The summed E-state index contributed by atoms with van der Waals surface area (Å²) in [4.78, 5) is 6.74. The number of anilines is 1. The van der Waals surface area contributed by atoms with Crippen molar-refractivity contribution in [3.63, 3.8) is 0 Å². The van der Waals surface area contributed by atoms with Crippen molar-refractivity contribution < 1.29 is 0 Å². The monoisotopic (exact) mass is 291 g/mol. The number of rotatable bonds is 3. The molecule has 0 spiro atoms. The van der Waals surface area contributed by atoms with E-state index >= 15 is 0 Å². The molecule has 0 saturated carbocycles. The van der Waals surface area contributed by atoms with Crippen LogP contribution in [0.25, 0.3) is 0 Å². The number of nitrogens with zero attached hydrogens (tertiary/aromatic N) is 2. The molecule has 2 N–H and O–H groups in total. The van der Waals surface area contributed by atoms with Crippen molar-refractivity contribution in [2.45, 2.75) is 33.7 Å². The van der Waals surface area contributed by atoms with Crippen LogP contribution in [0.2, 0.25) is 0 Å². The lowest BCUT2D eigenvalue weighted by Crippen LogP contribution is -2.20. The van der Waals surface area contributed by atoms with Gasteiger partial charge in [0.05, 0.1) is 11.7 Å². The van der Waals surface area contributed by atoms with Gasteiger partial charge in [-0.05, 0) is 32.0 Å². The number of nitrogen functional groups attached to an aromatic ring is 1. The first-order valence-corrected chi connectivity index (χ1v) is 7.95. The van der Waals surface area contributed by atoms with Gasteiger partial charge in [-0.2, -0.15) is 0 Å². The molecule has 0 amide bonds. The standard InChI is InChI=1S/C14H19N3S.C2H6/c1-4-6-10-8-17(3)13(11(10)7-5-2)12-9-18-14(15)16-12;1-2/h4-7,9,13H,8H2,1-3H3,(H2,15,16);1-2H3/b6-4-,7-5-;. The van der Waals surface area contributed by atoms with E-state index in [0.717, 1.165) is 12.2 Å². The second kappa shape index (κ2) is 8.02. The molecule has 1 aliphatic heterocycles. The minimum absolute atomic E-state index is 0.223. The topological polar surface area (TPSA) is 42.1 Å². The van der Waals surface area contributed by atoms with Gasteiger partial charge in [-0.15, -0.1) is 11.3 Å². The summed E-state index contributed by atoms with van der Waals surface area (Å²) in [5.74, 6) is 0. The maximum absolute atomic E-state index is 5.75. The van der Waals surface area contributed by atoms with Gasteiger partial charge < -0.3 is 5.73 Å². The van der Waals surface area contributed by atoms with E-state index in [-0.39, 0.29) is 6.04 Å². The van der Waals surface area contributed by atoms with E-state index in [9.17, 15) is 0 Å². The van der Waals surface area contributed by atoms with E-state index in [2.05, 4.69) is 53.5 Å². The maximum atomic E-state index is 5.75. The summed E-state index contributed by atoms with van der Waals surface area (Å²) in [7, 11) is 2.13. The van der Waals surface area contributed by atoms with Crippen LogP contribution in [0.4, 0.5) is 5.13 Å². The number of thiazole rings is 1. The summed E-state index contributed by atoms with van der Waals surface area (Å²) in [6, 6.07) is 0.223. The third-order valence-corrected chi connectivity index (χ3v) is 3.75. The molecule has 0 saturated heterocycles. The predicted molar refractivity (Wildman–Crippen MR) is 89.9 cm³/mol. The molecule has 0 aliphatic carbocycles. The predicted octanol–water partition coefficient (Wildman–Crippen LogP) is 4.19. The quantitative estimate of drug-likeness (QED) is 0.908. The van der Waals surface area contributed by atoms with E-state index in [1.54, 1.807) is 0 Å². The van der Waals surface area contributed by atoms with Crippen LogP contribution < -0.4 is 5.73 Å². The number of aromatic nitrogens is 1. The Hall–Kier alpha value is -1.39. The molecule has 4 heteroatoms. The van der Waals surface area contributed by atoms with Crippen LogP contribution in [0.1, 0.15) is 39.4 Å². The second-order valence-electron chi connectivity index (χ2n) is 4.41. The molecule has 20 heavy (non-hydrogen) atoms. The lowest BCUT2D eigenvalue weighted by Gasteiger charge is -2.19. The fraction of sp³-hybridized carbons (Fsp3) is 0.438. The first kappa shape index (κ1) is 16.7. The van der Waals surface area contributed by atoms with Gasteiger partial charge in [0.15, 0.2) is 5.13 Å². The van der Waals surface area contributed by atoms with Crippen molar-refractivity contribution in [1.29, 1.82) is 0 Å². The Morgan fingerprint density at radius 1 is 1.30 bits per heavy atom. The fourth-order valence-electron chi connectivity index (χ4n) is 2.40. The molecule has 1 aromatic rings. The zero-order chi connectivity index (χ0) is 15.1. The van der Waals surface area contributed by atoms with E-state index < -0.39 is 0 Å². The Bertz CT molecular complexity index is 512. The van der Waals surface area contributed by atoms with Crippen LogP contribution in [0.15, 0.2) is 40.8 Å². The van der Waals surface area contributed by atoms with Crippen LogP contribution >= 0.6 is 11.3 Å². The van der Waals surface area contributed by atoms with E-state index in [1.807, 2.05) is 20.8 Å². The Morgan fingerprint density at radius 3 is 2.45 bits per heavy atom. The molecule has 1 unspecified atom stereocenters. The third kappa shape index (κ3) is 3.58. The minimum atomic E-state index is 0.223. The normalized spacial score (nSPS) is 19.9. The summed E-state index contributed by atoms with van der Waals surface area (Å²) >= 11 is 1.50. The highest BCUT2D eigenvalue weighted by Crippen LogP contribution is 2.37. The minimum Gasteiger partial charge on any atom is -0.375 e. The number of likely N-dealkylation sites (N-methyl/N-ethyl adjacent to an activating group) is 1. The smallest absolute Gasteiger partial charge is 0.180 e. The summed E-state index contributed by atoms with van der Waals surface area (Å²) in [5.41, 5.74) is 9.47. The Morgan fingerprint density at radius 2 is 1.95 bits per heavy atom. The summed E-state index contributed by atoms with van der Waals surface area (Å²) in [5, 5.41) is 2.69. The molecule has 1 aliphatic rings. The van der Waals surface area contributed by atoms with Crippen molar-refractivity contribution >= 4 is 16.5 Å². The molecule has 0 fully saturated rings. The molecule has 3 nitrogen and oxygen atoms in total. The third-order valence-electron chi connectivity index (χ3n) is 3.06. The Kier molecular flexibility index (Phi) is 6.68. The fourth-order valence-corrected chi connectivity index (χ4v) is 2.98. The first-order valence-electron chi connectivity index (χ1n) is 7.07. The van der Waals surface area contributed by atoms with Gasteiger partial charge in [0, 0.05) is 11.9 Å². The van der Waals surface area contributed by atoms with Crippen molar-refractivity contribution in [1.82, 2.24) is 9.88 Å². The number of hydrogen-bond acceptors (Lipinski definition) is 4. The molecular formula is C16H25N3S. The van der Waals surface area contributed by atoms with Crippen LogP contribution in [0.3, 0.4) is 0 Å². The van der Waals surface area contributed by atoms with Crippen molar-refractivity contribution in [2.24, 2.45) is 0 Å². The lowest BCUT2D eigenvalue weighted by molar-refractivity contribution is 0.328. The van der Waals surface area contributed by atoms with Gasteiger partial charge in [0.25, 0.3) is 0 Å². The molecule has 1 atom stereocenters. The Labute approximate surface area is 126 Å². The summed E-state index contributed by atoms with van der Waals surface area (Å²) in [6.07, 6.45) is 8.53. The number of nitrogens with two attached hydrogens (primary N) is 1. The highest BCUT2D eigenvalue weighted by atomic mass is 32.1. The molecule has 2 heterocycles. The van der Waals surface area contributed by atoms with Crippen LogP contribution in [-0.2, 0) is 0 Å². The first-order chi connectivity index (χ1) is 9.67. The molecule has 0 bridgehead atoms. The van der Waals surface area contributed by atoms with E-state index in [4.69, 9.17) is 5.73 Å². The highest BCUT2D eigenvalue weighted by molar-refractivity contribution is 7.13.